The molecule has 0 radical (unpaired) electrons. The average molecular weight is 791 g/mol. The summed E-state index contributed by atoms with van der Waals surface area (Å²) in [7, 11) is 0. The number of aliphatic hydroxyl groups is 2. The minimum absolute atomic E-state index is 0.194. The maximum atomic E-state index is 13.5. The van der Waals surface area contributed by atoms with Gasteiger partial charge in [0.15, 0.2) is 28.5 Å². The number of alkyl halides is 6. The highest BCUT2D eigenvalue weighted by atomic mass is 19.4. The zero-order chi connectivity index (χ0) is 40.3. The molecule has 0 bridgehead atoms. The lowest BCUT2D eigenvalue weighted by molar-refractivity contribution is -0.275. The van der Waals surface area contributed by atoms with Crippen molar-refractivity contribution in [1.29, 1.82) is 0 Å². The van der Waals surface area contributed by atoms with Crippen molar-refractivity contribution in [2.75, 3.05) is 11.5 Å². The second-order valence-corrected chi connectivity index (χ2v) is 13.9. The highest BCUT2D eigenvalue weighted by molar-refractivity contribution is 5.89. The van der Waals surface area contributed by atoms with Crippen LogP contribution in [0.1, 0.15) is 36.8 Å². The Balaban J connectivity index is 0.000000160. The monoisotopic (exact) mass is 790 g/mol. The Morgan fingerprint density at radius 1 is 0.614 bits per heavy atom. The molecule has 0 aromatic carbocycles. The standard InChI is InChI=1S/C19H15F3N6O.C18H17F3N6O/c20-19(21,22)18(29,12-1-2-12)13-3-4-15(24-8-13)28-9-11(7-27-28)14-5-6-23-17-16(14)25-10-26-17;19-18(20,21)17(28,11-1-2-11)12-3-4-14(25-8-12)27-9-10(7-26-27)13-5-6-24-16(23)15(13)22/h3-10,12,29H,1-2H2,(H,23,25,26);3-9,11,28H,1-2,22H2,(H2,23,24). The molecule has 14 nitrogen and oxygen atoms in total. The van der Waals surface area contributed by atoms with E-state index in [2.05, 4.69) is 40.1 Å². The van der Waals surface area contributed by atoms with Crippen molar-refractivity contribution < 1.29 is 36.6 Å². The number of hydrogen-bond donors (Lipinski definition) is 5. The summed E-state index contributed by atoms with van der Waals surface area (Å²) >= 11 is 0. The Hall–Kier alpha value is -6.41. The number of nitrogen functional groups attached to an aromatic ring is 2. The van der Waals surface area contributed by atoms with Crippen LogP contribution in [0.4, 0.5) is 37.8 Å². The number of rotatable bonds is 8. The Kier molecular flexibility index (Phi) is 8.99. The highest BCUT2D eigenvalue weighted by Gasteiger charge is 2.64. The zero-order valence-corrected chi connectivity index (χ0v) is 29.5. The van der Waals surface area contributed by atoms with Crippen LogP contribution >= 0.6 is 0 Å². The molecule has 2 atom stereocenters. The summed E-state index contributed by atoms with van der Waals surface area (Å²) < 4.78 is 83.7. The van der Waals surface area contributed by atoms with E-state index in [1.165, 1.54) is 46.0 Å². The molecule has 9 rings (SSSR count). The van der Waals surface area contributed by atoms with Gasteiger partial charge in [-0.05, 0) is 49.9 Å². The van der Waals surface area contributed by atoms with E-state index >= 15 is 0 Å². The number of nitrogens with one attached hydrogen (secondary N) is 1. The van der Waals surface area contributed by atoms with Crippen LogP contribution in [0.2, 0.25) is 0 Å². The fourth-order valence-corrected chi connectivity index (χ4v) is 6.76. The molecule has 2 aliphatic rings. The second kappa shape index (κ2) is 13.7. The fraction of sp³-hybridized carbons (Fsp3) is 0.270. The van der Waals surface area contributed by atoms with Gasteiger partial charge >= 0.3 is 12.4 Å². The lowest BCUT2D eigenvalue weighted by Crippen LogP contribution is -2.44. The Morgan fingerprint density at radius 2 is 1.11 bits per heavy atom. The number of aromatic nitrogens is 10. The molecule has 0 aliphatic heterocycles. The van der Waals surface area contributed by atoms with Gasteiger partial charge in [0.1, 0.15) is 5.82 Å². The number of fused-ring (bicyclic) bond motifs is 1. The summed E-state index contributed by atoms with van der Waals surface area (Å²) in [6.07, 6.45) is 5.14. The lowest BCUT2D eigenvalue weighted by Gasteiger charge is -2.30. The molecule has 2 saturated carbocycles. The van der Waals surface area contributed by atoms with Gasteiger partial charge in [-0.2, -0.15) is 36.5 Å². The predicted octanol–water partition coefficient (Wildman–Crippen LogP) is 6.02. The molecular formula is C37H32F6N12O2. The maximum Gasteiger partial charge on any atom is 0.421 e. The van der Waals surface area contributed by atoms with E-state index in [1.54, 1.807) is 37.2 Å². The third kappa shape index (κ3) is 6.69. The summed E-state index contributed by atoms with van der Waals surface area (Å²) in [6.45, 7) is 0. The van der Waals surface area contributed by atoms with Gasteiger partial charge < -0.3 is 26.7 Å². The number of aromatic amines is 1. The smallest absolute Gasteiger partial charge is 0.395 e. The number of halogens is 6. The summed E-state index contributed by atoms with van der Waals surface area (Å²) in [5.41, 5.74) is 9.92. The molecule has 0 amide bonds. The van der Waals surface area contributed by atoms with E-state index in [4.69, 9.17) is 11.5 Å². The van der Waals surface area contributed by atoms with E-state index in [0.717, 1.165) is 29.0 Å². The number of imidazole rings is 1. The topological polar surface area (TPSA) is 208 Å². The Bertz CT molecular complexity index is 2540. The van der Waals surface area contributed by atoms with Gasteiger partial charge in [0.05, 0.1) is 29.9 Å². The number of hydrogen-bond acceptors (Lipinski definition) is 11. The van der Waals surface area contributed by atoms with E-state index in [1.807, 2.05) is 6.07 Å². The van der Waals surface area contributed by atoms with E-state index in [-0.39, 0.29) is 16.9 Å². The van der Waals surface area contributed by atoms with Crippen LogP contribution in [0.15, 0.2) is 92.3 Å². The molecule has 2 aliphatic carbocycles. The molecule has 57 heavy (non-hydrogen) atoms. The molecule has 0 spiro atoms. The van der Waals surface area contributed by atoms with Crippen molar-refractivity contribution in [3.63, 3.8) is 0 Å². The third-order valence-electron chi connectivity index (χ3n) is 10.2. The normalized spacial score (nSPS) is 16.8. The molecule has 2 fully saturated rings. The number of anilines is 2. The first-order chi connectivity index (χ1) is 27.1. The first kappa shape index (κ1) is 37.5. The van der Waals surface area contributed by atoms with Crippen molar-refractivity contribution in [2.45, 2.75) is 49.2 Å². The van der Waals surface area contributed by atoms with Crippen molar-refractivity contribution in [3.8, 4) is 33.9 Å². The third-order valence-corrected chi connectivity index (χ3v) is 10.2. The quantitative estimate of drug-likeness (QED) is 0.113. The molecule has 20 heteroatoms. The number of nitrogens with two attached hydrogens (primary N) is 2. The van der Waals surface area contributed by atoms with Crippen LogP contribution in [0.25, 0.3) is 45.1 Å². The van der Waals surface area contributed by atoms with Crippen LogP contribution in [-0.2, 0) is 11.2 Å². The van der Waals surface area contributed by atoms with Crippen LogP contribution in [-0.4, -0.2) is 72.0 Å². The number of pyridine rings is 4. The molecule has 294 valence electrons. The van der Waals surface area contributed by atoms with Gasteiger partial charge in [0, 0.05) is 82.4 Å². The summed E-state index contributed by atoms with van der Waals surface area (Å²) in [5.74, 6) is -0.822. The minimum atomic E-state index is -4.77. The van der Waals surface area contributed by atoms with Crippen LogP contribution in [0, 0.1) is 11.8 Å². The largest absolute Gasteiger partial charge is 0.421 e. The van der Waals surface area contributed by atoms with Crippen LogP contribution in [0.3, 0.4) is 0 Å². The molecule has 7 N–H and O–H groups in total. The fourth-order valence-electron chi connectivity index (χ4n) is 6.76. The minimum Gasteiger partial charge on any atom is -0.395 e. The molecule has 2 unspecified atom stereocenters. The van der Waals surface area contributed by atoms with Crippen molar-refractivity contribution in [2.24, 2.45) is 11.8 Å². The van der Waals surface area contributed by atoms with Gasteiger partial charge in [-0.1, -0.05) is 12.1 Å². The summed E-state index contributed by atoms with van der Waals surface area (Å²) in [5, 5.41) is 29.1. The van der Waals surface area contributed by atoms with Crippen LogP contribution < -0.4 is 11.5 Å². The molecular weight excluding hydrogens is 758 g/mol. The van der Waals surface area contributed by atoms with E-state index < -0.39 is 35.4 Å². The van der Waals surface area contributed by atoms with Crippen molar-refractivity contribution in [1.82, 2.24) is 49.5 Å². The Morgan fingerprint density at radius 3 is 1.58 bits per heavy atom. The summed E-state index contributed by atoms with van der Waals surface area (Å²) in [6, 6.07) is 8.79. The average Bonchev–Trinajstić information content (AvgIpc) is 4.07. The lowest BCUT2D eigenvalue weighted by atomic mass is 9.89. The van der Waals surface area contributed by atoms with Gasteiger partial charge in [-0.15, -0.1) is 0 Å². The van der Waals surface area contributed by atoms with Crippen molar-refractivity contribution >= 4 is 22.7 Å². The van der Waals surface area contributed by atoms with Crippen LogP contribution in [0.5, 0.6) is 0 Å². The number of nitrogens with zero attached hydrogens (tertiary/aromatic N) is 9. The van der Waals surface area contributed by atoms with Gasteiger partial charge in [-0.3, -0.25) is 0 Å². The first-order valence-corrected chi connectivity index (χ1v) is 17.5. The molecule has 0 saturated heterocycles. The van der Waals surface area contributed by atoms with E-state index in [9.17, 15) is 36.6 Å². The van der Waals surface area contributed by atoms with Gasteiger partial charge in [-0.25, -0.2) is 34.3 Å². The predicted molar refractivity (Wildman–Crippen MR) is 193 cm³/mol. The second-order valence-electron chi connectivity index (χ2n) is 13.9. The Labute approximate surface area is 318 Å². The van der Waals surface area contributed by atoms with Gasteiger partial charge in [0.25, 0.3) is 0 Å². The van der Waals surface area contributed by atoms with Crippen molar-refractivity contribution in [3.05, 3.63) is 103 Å². The molecule has 7 aromatic rings. The van der Waals surface area contributed by atoms with E-state index in [0.29, 0.717) is 59.8 Å². The zero-order valence-electron chi connectivity index (χ0n) is 29.5. The SMILES string of the molecule is Nc1nccc(-c2cnn(-c3ccc(C(O)(C4CC4)C(F)(F)F)cn3)c2)c1N.OC(c1ccc(-n2cc(-c3ccnc4nc[nH]c34)cn2)nc1)(C1CC1)C(F)(F)F. The van der Waals surface area contributed by atoms with Gasteiger partial charge in [0.2, 0.25) is 0 Å². The molecule has 7 aromatic heterocycles. The first-order valence-electron chi connectivity index (χ1n) is 17.5. The summed E-state index contributed by atoms with van der Waals surface area (Å²) in [4.78, 5) is 23.4. The highest BCUT2D eigenvalue weighted by Crippen LogP contribution is 2.55. The maximum absolute atomic E-state index is 13.5. The number of H-pyrrole nitrogens is 1. The molecule has 7 heterocycles.